The van der Waals surface area contributed by atoms with Crippen molar-refractivity contribution in [2.45, 2.75) is 55.9 Å². The number of aliphatic hydroxyl groups is 1. The highest BCUT2D eigenvalue weighted by Crippen LogP contribution is 2.47. The third-order valence-corrected chi connectivity index (χ3v) is 7.26. The molecule has 3 N–H and O–H groups in total. The Labute approximate surface area is 214 Å². The smallest absolute Gasteiger partial charge is 0.258 e. The van der Waals surface area contributed by atoms with Gasteiger partial charge in [-0.15, -0.1) is 0 Å². The van der Waals surface area contributed by atoms with Crippen LogP contribution in [-0.2, 0) is 20.9 Å². The molecule has 8 nitrogen and oxygen atoms in total. The number of rotatable bonds is 10. The molecule has 0 saturated heterocycles. The predicted octanol–water partition coefficient (Wildman–Crippen LogP) is 3.13. The number of hydrogen-bond acceptors (Lipinski definition) is 6. The fraction of sp³-hybridized carbons (Fsp3) is 0.462. The second-order valence-electron chi connectivity index (χ2n) is 9.49. The summed E-state index contributed by atoms with van der Waals surface area (Å²) in [5.74, 6) is -0.540. The molecule has 0 spiro atoms. The molecule has 2 aromatic carbocycles. The molecule has 10 heteroatoms. The minimum Gasteiger partial charge on any atom is -0.484 e. The minimum absolute atomic E-state index is 0.0309. The molecule has 194 valence electrons. The van der Waals surface area contributed by atoms with E-state index in [9.17, 15) is 19.1 Å². The zero-order valence-electron chi connectivity index (χ0n) is 20.0. The lowest BCUT2D eigenvalue weighted by Crippen LogP contribution is -2.70. The van der Waals surface area contributed by atoms with Crippen molar-refractivity contribution in [3.05, 3.63) is 58.9 Å². The molecule has 0 radical (unpaired) electrons. The van der Waals surface area contributed by atoms with E-state index in [1.807, 2.05) is 18.2 Å². The zero-order chi connectivity index (χ0) is 25.8. The van der Waals surface area contributed by atoms with E-state index >= 15 is 0 Å². The molecule has 0 aromatic heterocycles. The van der Waals surface area contributed by atoms with Gasteiger partial charge in [0.25, 0.3) is 11.8 Å². The molecule has 0 aliphatic heterocycles. The molecule has 3 aliphatic rings. The van der Waals surface area contributed by atoms with Crippen LogP contribution in [0, 0.1) is 5.82 Å². The van der Waals surface area contributed by atoms with Crippen LogP contribution in [-0.4, -0.2) is 54.4 Å². The van der Waals surface area contributed by atoms with Gasteiger partial charge in [-0.1, -0.05) is 23.7 Å². The largest absolute Gasteiger partial charge is 0.484 e. The molecule has 3 fully saturated rings. The average Bonchev–Trinajstić information content (AvgIpc) is 2.85. The fourth-order valence-corrected chi connectivity index (χ4v) is 5.18. The van der Waals surface area contributed by atoms with Gasteiger partial charge in [0.05, 0.1) is 23.3 Å². The molecule has 1 atom stereocenters. The maximum absolute atomic E-state index is 13.6. The van der Waals surface area contributed by atoms with Crippen molar-refractivity contribution < 1.29 is 33.3 Å². The van der Waals surface area contributed by atoms with E-state index in [0.717, 1.165) is 11.6 Å². The van der Waals surface area contributed by atoms with Crippen LogP contribution in [0.1, 0.15) is 37.7 Å². The van der Waals surface area contributed by atoms with Crippen molar-refractivity contribution in [1.29, 1.82) is 0 Å². The second kappa shape index (κ2) is 11.0. The molecular formula is C26H30ClFN2O6. The molecule has 3 saturated carbocycles. The maximum Gasteiger partial charge on any atom is 0.258 e. The standard InChI is InChI=1S/C26H30ClFN2O6/c1-34-14-17-3-2-4-18(11-17)35-15-23(32)29-25-7-9-26(10-8-25,22(31)13-25)30-24(33)16-36-19-5-6-20(27)21(28)12-19/h2-6,11-12,22,31H,7-10,13-16H2,1H3,(H,29,32)(H,30,33)/t22-,25?,26?/m0/s1. The van der Waals surface area contributed by atoms with Crippen LogP contribution in [0.3, 0.4) is 0 Å². The topological polar surface area (TPSA) is 106 Å². The number of hydrogen-bond donors (Lipinski definition) is 3. The van der Waals surface area contributed by atoms with Crippen LogP contribution in [0.25, 0.3) is 0 Å². The lowest BCUT2D eigenvalue weighted by Gasteiger charge is -2.56. The Balaban J connectivity index is 1.27. The Morgan fingerprint density at radius 3 is 2.33 bits per heavy atom. The minimum atomic E-state index is -0.830. The van der Waals surface area contributed by atoms with E-state index in [0.29, 0.717) is 44.5 Å². The molecule has 3 aliphatic carbocycles. The van der Waals surface area contributed by atoms with Crippen LogP contribution < -0.4 is 20.1 Å². The highest BCUT2D eigenvalue weighted by atomic mass is 35.5. The molecule has 2 bridgehead atoms. The van der Waals surface area contributed by atoms with Crippen LogP contribution >= 0.6 is 11.6 Å². The van der Waals surface area contributed by atoms with Gasteiger partial charge in [-0.2, -0.15) is 0 Å². The van der Waals surface area contributed by atoms with Crippen LogP contribution in [0.4, 0.5) is 4.39 Å². The van der Waals surface area contributed by atoms with Gasteiger partial charge in [-0.25, -0.2) is 4.39 Å². The number of aliphatic hydroxyl groups excluding tert-OH is 1. The van der Waals surface area contributed by atoms with Crippen molar-refractivity contribution in [1.82, 2.24) is 10.6 Å². The maximum atomic E-state index is 13.6. The summed E-state index contributed by atoms with van der Waals surface area (Å²) in [6.07, 6.45) is 1.74. The monoisotopic (exact) mass is 520 g/mol. The van der Waals surface area contributed by atoms with Crippen molar-refractivity contribution in [3.8, 4) is 11.5 Å². The first-order valence-corrected chi connectivity index (χ1v) is 12.2. The lowest BCUT2D eigenvalue weighted by molar-refractivity contribution is -0.137. The zero-order valence-corrected chi connectivity index (χ0v) is 20.8. The van der Waals surface area contributed by atoms with E-state index in [4.69, 9.17) is 25.8 Å². The Hall–Kier alpha value is -2.88. The summed E-state index contributed by atoms with van der Waals surface area (Å²) in [5.41, 5.74) is -0.376. The number of carbonyl (C=O) groups excluding carboxylic acids is 2. The quantitative estimate of drug-likeness (QED) is 0.444. The van der Waals surface area contributed by atoms with Crippen LogP contribution in [0.15, 0.2) is 42.5 Å². The van der Waals surface area contributed by atoms with E-state index < -0.39 is 28.9 Å². The number of fused-ring (bicyclic) bond motifs is 3. The number of benzene rings is 2. The summed E-state index contributed by atoms with van der Waals surface area (Å²) < 4.78 is 29.7. The SMILES string of the molecule is COCc1cccc(OCC(=O)NC23CCC(NC(=O)COc4ccc(Cl)c(F)c4)(CC2)[C@@H](O)C3)c1. The van der Waals surface area contributed by atoms with Gasteiger partial charge in [0, 0.05) is 18.7 Å². The summed E-state index contributed by atoms with van der Waals surface area (Å²) in [6, 6.07) is 11.3. The Morgan fingerprint density at radius 1 is 1.03 bits per heavy atom. The summed E-state index contributed by atoms with van der Waals surface area (Å²) in [7, 11) is 1.61. The predicted molar refractivity (Wildman–Crippen MR) is 130 cm³/mol. The van der Waals surface area contributed by atoms with Gasteiger partial charge in [0.15, 0.2) is 13.2 Å². The summed E-state index contributed by atoms with van der Waals surface area (Å²) in [6.45, 7) is -0.00633. The Bertz CT molecular complexity index is 1110. The van der Waals surface area contributed by atoms with Crippen LogP contribution in [0.5, 0.6) is 11.5 Å². The molecule has 5 rings (SSSR count). The van der Waals surface area contributed by atoms with Gasteiger partial charge < -0.3 is 30.0 Å². The van der Waals surface area contributed by atoms with E-state index in [1.165, 1.54) is 12.1 Å². The normalized spacial score (nSPS) is 24.7. The lowest BCUT2D eigenvalue weighted by atomic mass is 9.60. The molecule has 0 heterocycles. The molecule has 2 amide bonds. The highest BCUT2D eigenvalue weighted by molar-refractivity contribution is 6.30. The first kappa shape index (κ1) is 26.2. The highest BCUT2D eigenvalue weighted by Gasteiger charge is 2.55. The summed E-state index contributed by atoms with van der Waals surface area (Å²) in [5, 5.41) is 16.8. The van der Waals surface area contributed by atoms with E-state index in [2.05, 4.69) is 10.6 Å². The first-order valence-electron chi connectivity index (χ1n) is 11.8. The third kappa shape index (κ3) is 6.08. The van der Waals surface area contributed by atoms with E-state index in [-0.39, 0.29) is 29.9 Å². The number of halogens is 2. The van der Waals surface area contributed by atoms with Crippen molar-refractivity contribution in [3.63, 3.8) is 0 Å². The van der Waals surface area contributed by atoms with Crippen LogP contribution in [0.2, 0.25) is 5.02 Å². The fourth-order valence-electron chi connectivity index (χ4n) is 5.06. The summed E-state index contributed by atoms with van der Waals surface area (Å²) in [4.78, 5) is 25.2. The van der Waals surface area contributed by atoms with Gasteiger partial charge >= 0.3 is 0 Å². The van der Waals surface area contributed by atoms with Gasteiger partial charge in [0.2, 0.25) is 0 Å². The van der Waals surface area contributed by atoms with Gasteiger partial charge in [-0.05, 0) is 61.9 Å². The van der Waals surface area contributed by atoms with Gasteiger partial charge in [0.1, 0.15) is 17.3 Å². The average molecular weight is 521 g/mol. The second-order valence-corrected chi connectivity index (χ2v) is 9.89. The number of amides is 2. The molecule has 0 unspecified atom stereocenters. The van der Waals surface area contributed by atoms with Gasteiger partial charge in [-0.3, -0.25) is 9.59 Å². The first-order chi connectivity index (χ1) is 17.2. The number of methoxy groups -OCH3 is 1. The number of nitrogens with one attached hydrogen (secondary N) is 2. The van der Waals surface area contributed by atoms with Crippen molar-refractivity contribution in [2.75, 3.05) is 20.3 Å². The third-order valence-electron chi connectivity index (χ3n) is 6.95. The molecule has 36 heavy (non-hydrogen) atoms. The van der Waals surface area contributed by atoms with Crippen molar-refractivity contribution in [2.24, 2.45) is 0 Å². The van der Waals surface area contributed by atoms with Crippen molar-refractivity contribution >= 4 is 23.4 Å². The van der Waals surface area contributed by atoms with E-state index in [1.54, 1.807) is 13.2 Å². The number of carbonyl (C=O) groups is 2. The molecular weight excluding hydrogens is 491 g/mol. The summed E-state index contributed by atoms with van der Waals surface area (Å²) >= 11 is 5.66. The molecule has 2 aromatic rings. The Kier molecular flexibility index (Phi) is 8.02. The number of ether oxygens (including phenoxy) is 3. The Morgan fingerprint density at radius 2 is 1.69 bits per heavy atom.